The molecule has 7 nitrogen and oxygen atoms in total. The second-order valence-corrected chi connectivity index (χ2v) is 9.66. The number of ether oxygens (including phenoxy) is 2. The lowest BCUT2D eigenvalue weighted by Gasteiger charge is -2.23. The minimum Gasteiger partial charge on any atom is -0.497 e. The number of nitrogens with zero attached hydrogens (tertiary/aromatic N) is 1. The highest BCUT2D eigenvalue weighted by molar-refractivity contribution is 7.92. The van der Waals surface area contributed by atoms with Crippen molar-refractivity contribution in [1.82, 2.24) is 5.32 Å². The van der Waals surface area contributed by atoms with Crippen LogP contribution in [0.3, 0.4) is 0 Å². The van der Waals surface area contributed by atoms with Gasteiger partial charge in [0.05, 0.1) is 42.2 Å². The van der Waals surface area contributed by atoms with Crippen molar-refractivity contribution in [3.63, 3.8) is 0 Å². The largest absolute Gasteiger partial charge is 0.497 e. The predicted octanol–water partition coefficient (Wildman–Crippen LogP) is 4.43. The summed E-state index contributed by atoms with van der Waals surface area (Å²) in [6.07, 6.45) is 1.57. The molecule has 0 heterocycles. The van der Waals surface area contributed by atoms with Crippen molar-refractivity contribution in [2.24, 2.45) is 0 Å². The third-order valence-electron chi connectivity index (χ3n) is 4.64. The lowest BCUT2D eigenvalue weighted by atomic mass is 10.1. The molecule has 0 aliphatic heterocycles. The Balaban J connectivity index is 2.02. The summed E-state index contributed by atoms with van der Waals surface area (Å²) >= 11 is 11.9. The zero-order valence-electron chi connectivity index (χ0n) is 17.8. The fourth-order valence-corrected chi connectivity index (χ4v) is 4.33. The molecule has 1 unspecified atom stereocenters. The standard InChI is InChI=1S/C21H26Cl2N2O5S/c1-14(17-13-16(29-2)8-10-20(17)30-3)24-21(26)6-5-11-25(31(4,27)28)15-7-9-18(22)19(23)12-15/h7-10,12-14H,5-6,11H2,1-4H3,(H,24,26). The van der Waals surface area contributed by atoms with Crippen LogP contribution in [0.4, 0.5) is 5.69 Å². The third kappa shape index (κ3) is 6.92. The van der Waals surface area contributed by atoms with Crippen molar-refractivity contribution in [2.75, 3.05) is 31.3 Å². The van der Waals surface area contributed by atoms with Gasteiger partial charge in [-0.25, -0.2) is 8.42 Å². The molecule has 2 aromatic rings. The second-order valence-electron chi connectivity index (χ2n) is 6.93. The Morgan fingerprint density at radius 3 is 2.39 bits per heavy atom. The first-order valence-electron chi connectivity index (χ1n) is 9.51. The molecule has 1 amide bonds. The summed E-state index contributed by atoms with van der Waals surface area (Å²) in [6.45, 7) is 1.97. The summed E-state index contributed by atoms with van der Waals surface area (Å²) in [6, 6.07) is 9.64. The van der Waals surface area contributed by atoms with Gasteiger partial charge in [0, 0.05) is 18.5 Å². The maximum Gasteiger partial charge on any atom is 0.232 e. The van der Waals surface area contributed by atoms with Gasteiger partial charge in [0.25, 0.3) is 0 Å². The number of carbonyl (C=O) groups is 1. The van der Waals surface area contributed by atoms with Gasteiger partial charge in [-0.1, -0.05) is 23.2 Å². The molecule has 2 rings (SSSR count). The highest BCUT2D eigenvalue weighted by Crippen LogP contribution is 2.30. The first-order chi connectivity index (χ1) is 14.6. The molecule has 1 atom stereocenters. The summed E-state index contributed by atoms with van der Waals surface area (Å²) in [4.78, 5) is 12.5. The second kappa shape index (κ2) is 10.9. The summed E-state index contributed by atoms with van der Waals surface area (Å²) < 4.78 is 36.3. The Hall–Kier alpha value is -2.16. The van der Waals surface area contributed by atoms with Crippen LogP contribution in [0, 0.1) is 0 Å². The maximum atomic E-state index is 12.5. The number of anilines is 1. The van der Waals surface area contributed by atoms with E-state index in [0.29, 0.717) is 28.6 Å². The number of methoxy groups -OCH3 is 2. The van der Waals surface area contributed by atoms with E-state index in [4.69, 9.17) is 32.7 Å². The average Bonchev–Trinajstić information content (AvgIpc) is 2.71. The van der Waals surface area contributed by atoms with E-state index in [1.54, 1.807) is 38.5 Å². The van der Waals surface area contributed by atoms with Gasteiger partial charge >= 0.3 is 0 Å². The van der Waals surface area contributed by atoms with Gasteiger partial charge in [-0.15, -0.1) is 0 Å². The highest BCUT2D eigenvalue weighted by atomic mass is 35.5. The van der Waals surface area contributed by atoms with Crippen molar-refractivity contribution >= 4 is 44.8 Å². The topological polar surface area (TPSA) is 84.9 Å². The molecule has 0 aliphatic rings. The van der Waals surface area contributed by atoms with Crippen molar-refractivity contribution in [3.8, 4) is 11.5 Å². The monoisotopic (exact) mass is 488 g/mol. The van der Waals surface area contributed by atoms with Gasteiger partial charge in [0.15, 0.2) is 0 Å². The van der Waals surface area contributed by atoms with Crippen LogP contribution < -0.4 is 19.1 Å². The van der Waals surface area contributed by atoms with E-state index in [9.17, 15) is 13.2 Å². The zero-order valence-corrected chi connectivity index (χ0v) is 20.1. The van der Waals surface area contributed by atoms with E-state index in [2.05, 4.69) is 5.32 Å². The number of hydrogen-bond acceptors (Lipinski definition) is 5. The lowest BCUT2D eigenvalue weighted by Crippen LogP contribution is -2.32. The third-order valence-corrected chi connectivity index (χ3v) is 6.57. The molecule has 0 fully saturated rings. The molecule has 2 aromatic carbocycles. The zero-order chi connectivity index (χ0) is 23.2. The Labute approximate surface area is 193 Å². The minimum atomic E-state index is -3.56. The van der Waals surface area contributed by atoms with Gasteiger partial charge in [-0.2, -0.15) is 0 Å². The van der Waals surface area contributed by atoms with E-state index in [1.165, 1.54) is 16.4 Å². The SMILES string of the molecule is COc1ccc(OC)c(C(C)NC(=O)CCCN(c2ccc(Cl)c(Cl)c2)S(C)(=O)=O)c1. The molecule has 0 saturated carbocycles. The summed E-state index contributed by atoms with van der Waals surface area (Å²) in [5, 5.41) is 3.50. The Morgan fingerprint density at radius 1 is 1.10 bits per heavy atom. The van der Waals surface area contributed by atoms with Crippen molar-refractivity contribution < 1.29 is 22.7 Å². The number of benzene rings is 2. The number of halogens is 2. The van der Waals surface area contributed by atoms with E-state index in [0.717, 1.165) is 11.8 Å². The predicted molar refractivity (Wildman–Crippen MR) is 124 cm³/mol. The van der Waals surface area contributed by atoms with Crippen molar-refractivity contribution in [2.45, 2.75) is 25.8 Å². The van der Waals surface area contributed by atoms with Crippen LogP contribution in [0.5, 0.6) is 11.5 Å². The van der Waals surface area contributed by atoms with Crippen molar-refractivity contribution in [3.05, 3.63) is 52.0 Å². The number of sulfonamides is 1. The van der Waals surface area contributed by atoms with Crippen LogP contribution in [0.1, 0.15) is 31.4 Å². The fourth-order valence-electron chi connectivity index (χ4n) is 3.08. The molecule has 170 valence electrons. The number of rotatable bonds is 10. The van der Waals surface area contributed by atoms with E-state index < -0.39 is 10.0 Å². The molecule has 0 spiro atoms. The Morgan fingerprint density at radius 2 is 1.81 bits per heavy atom. The van der Waals surface area contributed by atoms with Crippen LogP contribution in [-0.4, -0.2) is 41.3 Å². The number of carbonyl (C=O) groups excluding carboxylic acids is 1. The van der Waals surface area contributed by atoms with E-state index in [-0.39, 0.29) is 29.9 Å². The van der Waals surface area contributed by atoms with Gasteiger partial charge in [0.2, 0.25) is 15.9 Å². The molecule has 1 N–H and O–H groups in total. The van der Waals surface area contributed by atoms with Crippen LogP contribution in [0.2, 0.25) is 10.0 Å². The Bertz CT molecular complexity index is 1030. The van der Waals surface area contributed by atoms with E-state index in [1.807, 2.05) is 6.92 Å². The van der Waals surface area contributed by atoms with Crippen molar-refractivity contribution in [1.29, 1.82) is 0 Å². The maximum absolute atomic E-state index is 12.5. The normalized spacial score (nSPS) is 12.2. The lowest BCUT2D eigenvalue weighted by molar-refractivity contribution is -0.121. The fraction of sp³-hybridized carbons (Fsp3) is 0.381. The number of amides is 1. The van der Waals surface area contributed by atoms with Gasteiger partial charge < -0.3 is 14.8 Å². The summed E-state index contributed by atoms with van der Waals surface area (Å²) in [7, 11) is -0.435. The molecular weight excluding hydrogens is 463 g/mol. The van der Waals surface area contributed by atoms with Gasteiger partial charge in [-0.05, 0) is 49.7 Å². The van der Waals surface area contributed by atoms with Gasteiger partial charge in [-0.3, -0.25) is 9.10 Å². The molecule has 10 heteroatoms. The summed E-state index contributed by atoms with van der Waals surface area (Å²) in [5.74, 6) is 1.08. The van der Waals surface area contributed by atoms with Gasteiger partial charge in [0.1, 0.15) is 11.5 Å². The van der Waals surface area contributed by atoms with Crippen LogP contribution in [0.15, 0.2) is 36.4 Å². The first-order valence-corrected chi connectivity index (χ1v) is 12.1. The molecular formula is C21H26Cl2N2O5S. The van der Waals surface area contributed by atoms with Crippen LogP contribution >= 0.6 is 23.2 Å². The van der Waals surface area contributed by atoms with E-state index >= 15 is 0 Å². The number of hydrogen-bond donors (Lipinski definition) is 1. The first kappa shape index (κ1) is 25.1. The molecule has 31 heavy (non-hydrogen) atoms. The molecule has 0 aliphatic carbocycles. The molecule has 0 radical (unpaired) electrons. The Kier molecular flexibility index (Phi) is 8.85. The minimum absolute atomic E-state index is 0.126. The molecule has 0 saturated heterocycles. The molecule has 0 aromatic heterocycles. The smallest absolute Gasteiger partial charge is 0.232 e. The quantitative estimate of drug-likeness (QED) is 0.534. The van der Waals surface area contributed by atoms with Crippen LogP contribution in [0.25, 0.3) is 0 Å². The number of nitrogens with one attached hydrogen (secondary N) is 1. The molecule has 0 bridgehead atoms. The highest BCUT2D eigenvalue weighted by Gasteiger charge is 2.20. The summed E-state index contributed by atoms with van der Waals surface area (Å²) in [5.41, 5.74) is 1.18. The average molecular weight is 489 g/mol. The van der Waals surface area contributed by atoms with Crippen LogP contribution in [-0.2, 0) is 14.8 Å².